The molecule has 3 N–H and O–H groups in total. The van der Waals surface area contributed by atoms with E-state index < -0.39 is 11.6 Å². The molecule has 0 bridgehead atoms. The van der Waals surface area contributed by atoms with Crippen molar-refractivity contribution >= 4 is 12.2 Å². The lowest BCUT2D eigenvalue weighted by Gasteiger charge is -2.18. The molecule has 3 aromatic rings. The van der Waals surface area contributed by atoms with Crippen molar-refractivity contribution in [2.45, 2.75) is 32.9 Å². The minimum Gasteiger partial charge on any atom is -0.396 e. The van der Waals surface area contributed by atoms with Crippen molar-refractivity contribution in [2.75, 3.05) is 13.2 Å². The summed E-state index contributed by atoms with van der Waals surface area (Å²) in [6, 6.07) is 12.4. The van der Waals surface area contributed by atoms with Gasteiger partial charge in [-0.05, 0) is 48.3 Å². The van der Waals surface area contributed by atoms with Gasteiger partial charge in [0.1, 0.15) is 11.6 Å². The van der Waals surface area contributed by atoms with Gasteiger partial charge in [-0.2, -0.15) is 0 Å². The number of H-pyrrole nitrogens is 1. The SMILES string of the molecule is Cc1c(F)cc(F)cc1CC(CO)Cn1c(CCNCc2ccccc2)c[nH]c1=S. The third-order valence-electron chi connectivity index (χ3n) is 5.31. The highest BCUT2D eigenvalue weighted by Crippen LogP contribution is 2.20. The van der Waals surface area contributed by atoms with Gasteiger partial charge in [0.25, 0.3) is 0 Å². The Kier molecular flexibility index (Phi) is 7.90. The molecule has 0 amide bonds. The van der Waals surface area contributed by atoms with E-state index in [9.17, 15) is 13.9 Å². The van der Waals surface area contributed by atoms with Gasteiger partial charge < -0.3 is 20.0 Å². The first-order valence-electron chi connectivity index (χ1n) is 10.0. The second-order valence-corrected chi connectivity index (χ2v) is 7.92. The molecule has 4 nitrogen and oxygen atoms in total. The Morgan fingerprint density at radius 3 is 2.70 bits per heavy atom. The van der Waals surface area contributed by atoms with Crippen LogP contribution in [-0.4, -0.2) is 27.8 Å². The molecule has 0 aliphatic rings. The van der Waals surface area contributed by atoms with E-state index in [0.717, 1.165) is 31.3 Å². The largest absolute Gasteiger partial charge is 0.396 e. The monoisotopic (exact) mass is 431 g/mol. The molecule has 0 radical (unpaired) electrons. The number of benzene rings is 2. The number of nitrogens with one attached hydrogen (secondary N) is 2. The van der Waals surface area contributed by atoms with Crippen LogP contribution in [0, 0.1) is 29.2 Å². The van der Waals surface area contributed by atoms with Crippen LogP contribution in [0.1, 0.15) is 22.4 Å². The molecular weight excluding hydrogens is 404 g/mol. The Balaban J connectivity index is 1.62. The van der Waals surface area contributed by atoms with Crippen molar-refractivity contribution < 1.29 is 13.9 Å². The Hall–Kier alpha value is -2.35. The molecular formula is C23H27F2N3OS. The van der Waals surface area contributed by atoms with Gasteiger partial charge >= 0.3 is 0 Å². The van der Waals surface area contributed by atoms with Gasteiger partial charge in [-0.15, -0.1) is 0 Å². The molecule has 30 heavy (non-hydrogen) atoms. The number of halogens is 2. The number of aromatic nitrogens is 2. The predicted molar refractivity (Wildman–Crippen MR) is 117 cm³/mol. The minimum absolute atomic E-state index is 0.101. The van der Waals surface area contributed by atoms with Crippen LogP contribution in [0.4, 0.5) is 8.78 Å². The Morgan fingerprint density at radius 1 is 1.20 bits per heavy atom. The highest BCUT2D eigenvalue weighted by Gasteiger charge is 2.16. The zero-order chi connectivity index (χ0) is 21.5. The fourth-order valence-corrected chi connectivity index (χ4v) is 3.80. The summed E-state index contributed by atoms with van der Waals surface area (Å²) in [6.07, 6.45) is 3.02. The molecule has 0 saturated heterocycles. The van der Waals surface area contributed by atoms with Crippen molar-refractivity contribution in [1.82, 2.24) is 14.9 Å². The molecule has 0 saturated carbocycles. The summed E-state index contributed by atoms with van der Waals surface area (Å²) in [7, 11) is 0. The number of hydrogen-bond donors (Lipinski definition) is 3. The molecule has 0 fully saturated rings. The summed E-state index contributed by atoms with van der Waals surface area (Å²) in [5, 5.41) is 13.3. The highest BCUT2D eigenvalue weighted by atomic mass is 32.1. The van der Waals surface area contributed by atoms with E-state index in [2.05, 4.69) is 22.4 Å². The molecule has 0 aliphatic heterocycles. The first-order valence-corrected chi connectivity index (χ1v) is 10.5. The van der Waals surface area contributed by atoms with Crippen LogP contribution in [0.3, 0.4) is 0 Å². The van der Waals surface area contributed by atoms with Gasteiger partial charge in [0.05, 0.1) is 0 Å². The highest BCUT2D eigenvalue weighted by molar-refractivity contribution is 7.71. The lowest BCUT2D eigenvalue weighted by Crippen LogP contribution is -2.22. The zero-order valence-corrected chi connectivity index (χ0v) is 17.8. The Morgan fingerprint density at radius 2 is 1.97 bits per heavy atom. The third-order valence-corrected chi connectivity index (χ3v) is 5.65. The number of imidazole rings is 1. The number of rotatable bonds is 10. The lowest BCUT2D eigenvalue weighted by atomic mass is 9.96. The van der Waals surface area contributed by atoms with Crippen molar-refractivity contribution in [2.24, 2.45) is 5.92 Å². The molecule has 160 valence electrons. The number of aromatic amines is 1. The normalized spacial score (nSPS) is 12.3. The van der Waals surface area contributed by atoms with Crippen LogP contribution >= 0.6 is 12.2 Å². The van der Waals surface area contributed by atoms with E-state index in [1.54, 1.807) is 6.92 Å². The van der Waals surface area contributed by atoms with E-state index >= 15 is 0 Å². The summed E-state index contributed by atoms with van der Waals surface area (Å²) in [5.74, 6) is -1.37. The first-order chi connectivity index (χ1) is 14.5. The lowest BCUT2D eigenvalue weighted by molar-refractivity contribution is 0.208. The molecule has 1 unspecified atom stereocenters. The third kappa shape index (κ3) is 5.84. The van der Waals surface area contributed by atoms with Crippen LogP contribution in [0.5, 0.6) is 0 Å². The summed E-state index contributed by atoms with van der Waals surface area (Å²) in [6.45, 7) is 3.57. The van der Waals surface area contributed by atoms with E-state index in [1.807, 2.05) is 29.0 Å². The van der Waals surface area contributed by atoms with Crippen molar-refractivity contribution in [1.29, 1.82) is 0 Å². The molecule has 2 aromatic carbocycles. The maximum Gasteiger partial charge on any atom is 0.177 e. The van der Waals surface area contributed by atoms with E-state index in [4.69, 9.17) is 12.2 Å². The van der Waals surface area contributed by atoms with E-state index in [0.29, 0.717) is 28.9 Å². The maximum atomic E-state index is 13.9. The number of aliphatic hydroxyl groups is 1. The summed E-state index contributed by atoms with van der Waals surface area (Å²) < 4.78 is 30.0. The zero-order valence-electron chi connectivity index (χ0n) is 17.0. The number of hydrogen-bond acceptors (Lipinski definition) is 3. The van der Waals surface area contributed by atoms with Crippen LogP contribution in [0.25, 0.3) is 0 Å². The van der Waals surface area contributed by atoms with E-state index in [1.165, 1.54) is 11.6 Å². The van der Waals surface area contributed by atoms with Gasteiger partial charge in [0.15, 0.2) is 4.77 Å². The average Bonchev–Trinajstić information content (AvgIpc) is 3.08. The van der Waals surface area contributed by atoms with E-state index in [-0.39, 0.29) is 12.5 Å². The number of aliphatic hydroxyl groups excluding tert-OH is 1. The van der Waals surface area contributed by atoms with Gasteiger partial charge in [0.2, 0.25) is 0 Å². The van der Waals surface area contributed by atoms with Crippen LogP contribution < -0.4 is 5.32 Å². The van der Waals surface area contributed by atoms with Gasteiger partial charge in [-0.25, -0.2) is 8.78 Å². The van der Waals surface area contributed by atoms with Crippen molar-refractivity contribution in [3.05, 3.63) is 87.5 Å². The number of nitrogens with zero attached hydrogens (tertiary/aromatic N) is 1. The van der Waals surface area contributed by atoms with Gasteiger partial charge in [-0.1, -0.05) is 30.3 Å². The van der Waals surface area contributed by atoms with Crippen molar-refractivity contribution in [3.63, 3.8) is 0 Å². The van der Waals surface area contributed by atoms with Crippen LogP contribution in [0.2, 0.25) is 0 Å². The Bertz CT molecular complexity index is 1020. The second-order valence-electron chi connectivity index (χ2n) is 7.53. The fourth-order valence-electron chi connectivity index (χ4n) is 3.55. The van der Waals surface area contributed by atoms with Crippen LogP contribution in [-0.2, 0) is 25.9 Å². The standard InChI is InChI=1S/C23H27F2N3OS/c1-16-19(10-20(24)11-22(16)25)9-18(15-29)14-28-21(13-27-23(28)30)7-8-26-12-17-5-3-2-4-6-17/h2-6,10-11,13,18,26,29H,7-9,12,14-15H2,1H3,(H,27,30). The minimum atomic E-state index is -0.603. The second kappa shape index (κ2) is 10.6. The molecule has 0 aliphatic carbocycles. The predicted octanol–water partition coefficient (Wildman–Crippen LogP) is 4.32. The smallest absolute Gasteiger partial charge is 0.177 e. The molecule has 1 atom stereocenters. The topological polar surface area (TPSA) is 53.0 Å². The van der Waals surface area contributed by atoms with Gasteiger partial charge in [-0.3, -0.25) is 0 Å². The molecule has 7 heteroatoms. The first kappa shape index (κ1) is 22.3. The molecule has 0 spiro atoms. The van der Waals surface area contributed by atoms with Crippen LogP contribution in [0.15, 0.2) is 48.7 Å². The molecule has 1 aromatic heterocycles. The summed E-state index contributed by atoms with van der Waals surface area (Å²) in [5.41, 5.74) is 3.24. The van der Waals surface area contributed by atoms with Gasteiger partial charge in [0, 0.05) is 56.5 Å². The fraction of sp³-hybridized carbons (Fsp3) is 0.348. The molecule has 1 heterocycles. The van der Waals surface area contributed by atoms with Crippen molar-refractivity contribution in [3.8, 4) is 0 Å². The summed E-state index contributed by atoms with van der Waals surface area (Å²) in [4.78, 5) is 3.07. The Labute approximate surface area is 180 Å². The maximum absolute atomic E-state index is 13.9. The average molecular weight is 432 g/mol. The quantitative estimate of drug-likeness (QED) is 0.331. The summed E-state index contributed by atoms with van der Waals surface area (Å²) >= 11 is 5.41. The molecule has 3 rings (SSSR count).